The third kappa shape index (κ3) is 6.62. The summed E-state index contributed by atoms with van der Waals surface area (Å²) in [5, 5.41) is 2.83. The highest BCUT2D eigenvalue weighted by molar-refractivity contribution is 7.92. The first-order chi connectivity index (χ1) is 9.80. The minimum absolute atomic E-state index is 0.0368. The van der Waals surface area contributed by atoms with Crippen molar-refractivity contribution in [1.82, 2.24) is 5.32 Å². The highest BCUT2D eigenvalue weighted by Gasteiger charge is 2.17. The van der Waals surface area contributed by atoms with Gasteiger partial charge in [0.15, 0.2) is 0 Å². The number of nitrogens with one attached hydrogen (secondary N) is 1. The van der Waals surface area contributed by atoms with Crippen molar-refractivity contribution in [1.29, 1.82) is 0 Å². The van der Waals surface area contributed by atoms with Crippen LogP contribution in [0.1, 0.15) is 26.7 Å². The zero-order chi connectivity index (χ0) is 15.9. The molecule has 118 valence electrons. The lowest BCUT2D eigenvalue weighted by Crippen LogP contribution is -2.32. The fraction of sp³-hybridized carbons (Fsp3) is 0.533. The summed E-state index contributed by atoms with van der Waals surface area (Å²) in [6.45, 7) is 5.01. The van der Waals surface area contributed by atoms with Crippen LogP contribution in [0.25, 0.3) is 0 Å². The standard InChI is InChI=1S/C15H24N2O3S/c1-13(2)12-16-15(18)10-7-11-17(21(3,19)20)14-8-5-4-6-9-14/h4-6,8-9,13H,7,10-12H2,1-3H3,(H,16,18). The van der Waals surface area contributed by atoms with Crippen molar-refractivity contribution in [3.8, 4) is 0 Å². The zero-order valence-electron chi connectivity index (χ0n) is 12.9. The van der Waals surface area contributed by atoms with Crippen molar-refractivity contribution in [2.75, 3.05) is 23.7 Å². The van der Waals surface area contributed by atoms with Gasteiger partial charge in [0.05, 0.1) is 11.9 Å². The third-order valence-electron chi connectivity index (χ3n) is 2.92. The van der Waals surface area contributed by atoms with Crippen LogP contribution in [0.4, 0.5) is 5.69 Å². The second kappa shape index (κ2) is 8.02. The number of rotatable bonds is 8. The van der Waals surface area contributed by atoms with E-state index in [4.69, 9.17) is 0 Å². The Morgan fingerprint density at radius 3 is 2.38 bits per heavy atom. The smallest absolute Gasteiger partial charge is 0.232 e. The molecule has 21 heavy (non-hydrogen) atoms. The van der Waals surface area contributed by atoms with E-state index in [1.54, 1.807) is 24.3 Å². The van der Waals surface area contributed by atoms with E-state index in [0.29, 0.717) is 37.5 Å². The van der Waals surface area contributed by atoms with Gasteiger partial charge in [-0.15, -0.1) is 0 Å². The Morgan fingerprint density at radius 1 is 1.24 bits per heavy atom. The summed E-state index contributed by atoms with van der Waals surface area (Å²) in [5.41, 5.74) is 0.627. The predicted molar refractivity (Wildman–Crippen MR) is 85.7 cm³/mol. The molecule has 0 atom stereocenters. The summed E-state index contributed by atoms with van der Waals surface area (Å²) < 4.78 is 25.0. The molecule has 1 N–H and O–H groups in total. The Balaban J connectivity index is 2.55. The molecule has 0 heterocycles. The number of amides is 1. The Labute approximate surface area is 127 Å². The van der Waals surface area contributed by atoms with Gasteiger partial charge in [-0.3, -0.25) is 9.10 Å². The normalized spacial score (nSPS) is 11.4. The first-order valence-electron chi connectivity index (χ1n) is 7.10. The molecule has 0 aliphatic carbocycles. The molecule has 0 unspecified atom stereocenters. The van der Waals surface area contributed by atoms with Gasteiger partial charge in [-0.05, 0) is 24.5 Å². The molecule has 6 heteroatoms. The summed E-state index contributed by atoms with van der Waals surface area (Å²) in [6.07, 6.45) is 2.00. The summed E-state index contributed by atoms with van der Waals surface area (Å²) >= 11 is 0. The van der Waals surface area contributed by atoms with Crippen LogP contribution in [0.5, 0.6) is 0 Å². The fourth-order valence-corrected chi connectivity index (χ4v) is 2.84. The number of para-hydroxylation sites is 1. The Bertz CT molecular complexity index is 541. The molecule has 0 saturated carbocycles. The second-order valence-corrected chi connectivity index (χ2v) is 7.38. The fourth-order valence-electron chi connectivity index (χ4n) is 1.87. The maximum absolute atomic E-state index is 11.8. The van der Waals surface area contributed by atoms with E-state index in [0.717, 1.165) is 0 Å². The highest BCUT2D eigenvalue weighted by atomic mass is 32.2. The van der Waals surface area contributed by atoms with E-state index >= 15 is 0 Å². The van der Waals surface area contributed by atoms with Crippen molar-refractivity contribution in [3.05, 3.63) is 30.3 Å². The van der Waals surface area contributed by atoms with Crippen LogP contribution in [-0.2, 0) is 14.8 Å². The molecule has 0 spiro atoms. The zero-order valence-corrected chi connectivity index (χ0v) is 13.7. The van der Waals surface area contributed by atoms with Gasteiger partial charge in [-0.1, -0.05) is 32.0 Å². The molecule has 0 saturated heterocycles. The first-order valence-corrected chi connectivity index (χ1v) is 8.95. The number of sulfonamides is 1. The van der Waals surface area contributed by atoms with Crippen LogP contribution in [0.2, 0.25) is 0 Å². The van der Waals surface area contributed by atoms with Gasteiger partial charge in [0.1, 0.15) is 0 Å². The summed E-state index contributed by atoms with van der Waals surface area (Å²) in [7, 11) is -3.34. The lowest BCUT2D eigenvalue weighted by Gasteiger charge is -2.22. The van der Waals surface area contributed by atoms with Gasteiger partial charge < -0.3 is 5.32 Å². The Morgan fingerprint density at radius 2 is 1.86 bits per heavy atom. The molecular weight excluding hydrogens is 288 g/mol. The molecule has 0 fully saturated rings. The van der Waals surface area contributed by atoms with Crippen LogP contribution in [0, 0.1) is 5.92 Å². The first kappa shape index (κ1) is 17.5. The van der Waals surface area contributed by atoms with E-state index in [9.17, 15) is 13.2 Å². The van der Waals surface area contributed by atoms with E-state index in [2.05, 4.69) is 5.32 Å². The molecule has 5 nitrogen and oxygen atoms in total. The van der Waals surface area contributed by atoms with E-state index < -0.39 is 10.0 Å². The van der Waals surface area contributed by atoms with Gasteiger partial charge >= 0.3 is 0 Å². The molecule has 1 aromatic carbocycles. The van der Waals surface area contributed by atoms with Gasteiger partial charge in [-0.25, -0.2) is 8.42 Å². The Hall–Kier alpha value is -1.56. The molecule has 0 aliphatic heterocycles. The van der Waals surface area contributed by atoms with Gasteiger partial charge in [0.25, 0.3) is 0 Å². The highest BCUT2D eigenvalue weighted by Crippen LogP contribution is 2.17. The number of hydrogen-bond donors (Lipinski definition) is 1. The number of nitrogens with zero attached hydrogens (tertiary/aromatic N) is 1. The summed E-state index contributed by atoms with van der Waals surface area (Å²) in [5.74, 6) is 0.371. The van der Waals surface area contributed by atoms with E-state index in [-0.39, 0.29) is 5.91 Å². The van der Waals surface area contributed by atoms with Crippen molar-refractivity contribution in [2.24, 2.45) is 5.92 Å². The number of carbonyl (C=O) groups is 1. The van der Waals surface area contributed by atoms with Crippen molar-refractivity contribution in [3.63, 3.8) is 0 Å². The van der Waals surface area contributed by atoms with E-state index in [1.165, 1.54) is 10.6 Å². The van der Waals surface area contributed by atoms with Crippen LogP contribution >= 0.6 is 0 Å². The van der Waals surface area contributed by atoms with Crippen molar-refractivity contribution >= 4 is 21.6 Å². The Kier molecular flexibility index (Phi) is 6.68. The third-order valence-corrected chi connectivity index (χ3v) is 4.11. The largest absolute Gasteiger partial charge is 0.356 e. The number of hydrogen-bond acceptors (Lipinski definition) is 3. The molecule has 1 aromatic rings. The minimum atomic E-state index is -3.34. The number of carbonyl (C=O) groups excluding carboxylic acids is 1. The second-order valence-electron chi connectivity index (χ2n) is 5.47. The maximum atomic E-state index is 11.8. The average molecular weight is 312 g/mol. The van der Waals surface area contributed by atoms with Gasteiger partial charge in [0.2, 0.25) is 15.9 Å². The van der Waals surface area contributed by atoms with Crippen molar-refractivity contribution in [2.45, 2.75) is 26.7 Å². The molecule has 0 aromatic heterocycles. The lowest BCUT2D eigenvalue weighted by molar-refractivity contribution is -0.121. The average Bonchev–Trinajstić information content (AvgIpc) is 2.41. The van der Waals surface area contributed by atoms with Crippen LogP contribution in [-0.4, -0.2) is 33.7 Å². The SMILES string of the molecule is CC(C)CNC(=O)CCCN(c1ccccc1)S(C)(=O)=O. The van der Waals surface area contributed by atoms with Crippen molar-refractivity contribution < 1.29 is 13.2 Å². The van der Waals surface area contributed by atoms with Crippen LogP contribution in [0.15, 0.2) is 30.3 Å². The van der Waals surface area contributed by atoms with Crippen LogP contribution < -0.4 is 9.62 Å². The molecule has 0 radical (unpaired) electrons. The predicted octanol–water partition coefficient (Wildman–Crippen LogP) is 2.00. The monoisotopic (exact) mass is 312 g/mol. The minimum Gasteiger partial charge on any atom is -0.356 e. The molecule has 1 amide bonds. The molecule has 1 rings (SSSR count). The van der Waals surface area contributed by atoms with Crippen LogP contribution in [0.3, 0.4) is 0 Å². The molecule has 0 bridgehead atoms. The molecular formula is C15H24N2O3S. The number of anilines is 1. The summed E-state index contributed by atoms with van der Waals surface area (Å²) in [4.78, 5) is 11.6. The number of benzene rings is 1. The molecule has 0 aliphatic rings. The van der Waals surface area contributed by atoms with Gasteiger partial charge in [-0.2, -0.15) is 0 Å². The van der Waals surface area contributed by atoms with E-state index in [1.807, 2.05) is 19.9 Å². The topological polar surface area (TPSA) is 66.5 Å². The summed E-state index contributed by atoms with van der Waals surface area (Å²) in [6, 6.07) is 8.93. The van der Waals surface area contributed by atoms with Gasteiger partial charge in [0, 0.05) is 19.5 Å². The maximum Gasteiger partial charge on any atom is 0.232 e. The lowest BCUT2D eigenvalue weighted by atomic mass is 10.2. The quantitative estimate of drug-likeness (QED) is 0.798.